The van der Waals surface area contributed by atoms with Crippen molar-refractivity contribution in [2.24, 2.45) is 0 Å². The van der Waals surface area contributed by atoms with Gasteiger partial charge in [-0.25, -0.2) is 4.57 Å². The minimum atomic E-state index is -3.53. The number of hydrogen-bond donors (Lipinski definition) is 2. The SMILES string of the molecule is CCCCCCCCOC(=N)CNCP(=O)(Oc1ccccc1)Oc1ccccc1.Cl.Cl. The molecule has 6 nitrogen and oxygen atoms in total. The van der Waals surface area contributed by atoms with Crippen LogP contribution < -0.4 is 14.4 Å². The van der Waals surface area contributed by atoms with E-state index in [0.717, 1.165) is 12.8 Å². The Morgan fingerprint density at radius 1 is 0.844 bits per heavy atom. The Morgan fingerprint density at radius 2 is 1.34 bits per heavy atom. The Labute approximate surface area is 204 Å². The van der Waals surface area contributed by atoms with Crippen LogP contribution in [-0.2, 0) is 9.30 Å². The fourth-order valence-corrected chi connectivity index (χ4v) is 4.24. The third kappa shape index (κ3) is 13.0. The average molecular weight is 505 g/mol. The maximum Gasteiger partial charge on any atom is 0.444 e. The Hall–Kier alpha value is -1.72. The first-order chi connectivity index (χ1) is 14.6. The number of benzene rings is 2. The number of hydrogen-bond acceptors (Lipinski definition) is 6. The second-order valence-electron chi connectivity index (χ2n) is 7.04. The van der Waals surface area contributed by atoms with Gasteiger partial charge in [-0.15, -0.1) is 24.8 Å². The van der Waals surface area contributed by atoms with Crippen LogP contribution in [0.25, 0.3) is 0 Å². The number of unbranched alkanes of at least 4 members (excludes halogenated alkanes) is 5. The molecule has 32 heavy (non-hydrogen) atoms. The lowest BCUT2D eigenvalue weighted by atomic mass is 10.1. The van der Waals surface area contributed by atoms with Crippen LogP contribution in [0.4, 0.5) is 0 Å². The molecule has 0 bridgehead atoms. The minimum Gasteiger partial charge on any atom is -0.480 e. The van der Waals surface area contributed by atoms with Gasteiger partial charge in [0.05, 0.1) is 13.2 Å². The molecule has 0 saturated heterocycles. The van der Waals surface area contributed by atoms with Gasteiger partial charge in [-0.05, 0) is 30.7 Å². The van der Waals surface area contributed by atoms with Gasteiger partial charge in [-0.2, -0.15) is 0 Å². The van der Waals surface area contributed by atoms with Gasteiger partial charge in [0.2, 0.25) is 0 Å². The standard InChI is InChI=1S/C23H33N2O4P.2ClH/c1-2-3-4-5-6-13-18-27-23(24)19-25-20-30(26,28-21-14-9-7-10-15-21)29-22-16-11-8-12-17-22;;/h7-12,14-17,24-25H,2-6,13,18-20H2,1H3;2*1H. The molecule has 2 aromatic carbocycles. The zero-order valence-electron chi connectivity index (χ0n) is 18.5. The smallest absolute Gasteiger partial charge is 0.444 e. The summed E-state index contributed by atoms with van der Waals surface area (Å²) < 4.78 is 30.1. The summed E-state index contributed by atoms with van der Waals surface area (Å²) in [6.07, 6.45) is 6.99. The number of nitrogens with one attached hydrogen (secondary N) is 2. The first-order valence-corrected chi connectivity index (χ1v) is 12.3. The highest BCUT2D eigenvalue weighted by atomic mass is 35.5. The monoisotopic (exact) mass is 504 g/mol. The molecule has 0 amide bonds. The lowest BCUT2D eigenvalue weighted by Crippen LogP contribution is -2.27. The van der Waals surface area contributed by atoms with E-state index in [0.29, 0.717) is 18.1 Å². The van der Waals surface area contributed by atoms with Crippen LogP contribution in [0.2, 0.25) is 0 Å². The fraction of sp³-hybridized carbons (Fsp3) is 0.435. The van der Waals surface area contributed by atoms with Gasteiger partial charge in [0.25, 0.3) is 0 Å². The highest BCUT2D eigenvalue weighted by molar-refractivity contribution is 7.54. The lowest BCUT2D eigenvalue weighted by molar-refractivity contribution is 0.282. The van der Waals surface area contributed by atoms with E-state index < -0.39 is 7.60 Å². The molecular weight excluding hydrogens is 470 g/mol. The molecule has 0 aliphatic carbocycles. The summed E-state index contributed by atoms with van der Waals surface area (Å²) in [5.41, 5.74) is 0. The Morgan fingerprint density at radius 3 is 1.88 bits per heavy atom. The third-order valence-electron chi connectivity index (χ3n) is 4.34. The van der Waals surface area contributed by atoms with Gasteiger partial charge in [0.1, 0.15) is 17.8 Å². The van der Waals surface area contributed by atoms with E-state index >= 15 is 0 Å². The zero-order chi connectivity index (χ0) is 21.5. The van der Waals surface area contributed by atoms with Gasteiger partial charge in [0.15, 0.2) is 5.90 Å². The second kappa shape index (κ2) is 17.8. The topological polar surface area (TPSA) is 80.6 Å². The summed E-state index contributed by atoms with van der Waals surface area (Å²) in [6, 6.07) is 17.9. The molecule has 0 unspecified atom stereocenters. The molecule has 0 heterocycles. The molecule has 0 radical (unpaired) electrons. The molecule has 2 rings (SSSR count). The van der Waals surface area contributed by atoms with Crippen molar-refractivity contribution < 1.29 is 18.3 Å². The van der Waals surface area contributed by atoms with E-state index in [9.17, 15) is 4.57 Å². The minimum absolute atomic E-state index is 0. The van der Waals surface area contributed by atoms with Crippen molar-refractivity contribution in [2.75, 3.05) is 19.4 Å². The van der Waals surface area contributed by atoms with Crippen molar-refractivity contribution in [3.05, 3.63) is 60.7 Å². The predicted octanol–water partition coefficient (Wildman–Crippen LogP) is 7.08. The number of ether oxygens (including phenoxy) is 1. The van der Waals surface area contributed by atoms with Crippen molar-refractivity contribution in [1.29, 1.82) is 5.41 Å². The van der Waals surface area contributed by atoms with Crippen LogP contribution in [0.15, 0.2) is 60.7 Å². The summed E-state index contributed by atoms with van der Waals surface area (Å²) in [5.74, 6) is 1.05. The normalized spacial score (nSPS) is 10.4. The van der Waals surface area contributed by atoms with E-state index in [2.05, 4.69) is 12.2 Å². The molecule has 180 valence electrons. The van der Waals surface area contributed by atoms with Gasteiger partial charge in [0, 0.05) is 0 Å². The maximum atomic E-state index is 13.3. The molecule has 0 spiro atoms. The van der Waals surface area contributed by atoms with Crippen LogP contribution in [-0.4, -0.2) is 25.3 Å². The molecule has 0 aromatic heterocycles. The number of rotatable bonds is 15. The third-order valence-corrected chi connectivity index (χ3v) is 5.93. The van der Waals surface area contributed by atoms with Crippen LogP contribution in [0.3, 0.4) is 0 Å². The van der Waals surface area contributed by atoms with E-state index in [1.165, 1.54) is 25.7 Å². The largest absolute Gasteiger partial charge is 0.480 e. The second-order valence-corrected chi connectivity index (χ2v) is 8.95. The lowest BCUT2D eigenvalue weighted by Gasteiger charge is -2.20. The fourth-order valence-electron chi connectivity index (χ4n) is 2.80. The van der Waals surface area contributed by atoms with Crippen LogP contribution in [0, 0.1) is 5.41 Å². The molecule has 0 fully saturated rings. The van der Waals surface area contributed by atoms with Gasteiger partial charge < -0.3 is 13.8 Å². The van der Waals surface area contributed by atoms with Crippen molar-refractivity contribution in [3.63, 3.8) is 0 Å². The Balaban J connectivity index is 0.00000480. The van der Waals surface area contributed by atoms with Crippen LogP contribution in [0.5, 0.6) is 11.5 Å². The number of halogens is 2. The maximum absolute atomic E-state index is 13.3. The van der Waals surface area contributed by atoms with E-state index in [-0.39, 0.29) is 43.5 Å². The highest BCUT2D eigenvalue weighted by Gasteiger charge is 2.28. The molecule has 0 atom stereocenters. The van der Waals surface area contributed by atoms with Crippen molar-refractivity contribution in [1.82, 2.24) is 5.32 Å². The number of para-hydroxylation sites is 2. The van der Waals surface area contributed by atoms with Crippen molar-refractivity contribution in [3.8, 4) is 11.5 Å². The zero-order valence-corrected chi connectivity index (χ0v) is 21.1. The van der Waals surface area contributed by atoms with Gasteiger partial charge >= 0.3 is 7.60 Å². The van der Waals surface area contributed by atoms with Crippen LogP contribution in [0.1, 0.15) is 45.4 Å². The molecular formula is C23H35Cl2N2O4P. The average Bonchev–Trinajstić information content (AvgIpc) is 2.74. The van der Waals surface area contributed by atoms with Crippen molar-refractivity contribution >= 4 is 38.3 Å². The summed E-state index contributed by atoms with van der Waals surface area (Å²) in [6.45, 7) is 2.90. The summed E-state index contributed by atoms with van der Waals surface area (Å²) in [7, 11) is -3.53. The molecule has 2 N–H and O–H groups in total. The first-order valence-electron chi connectivity index (χ1n) is 10.6. The molecule has 9 heteroatoms. The highest BCUT2D eigenvalue weighted by Crippen LogP contribution is 2.47. The van der Waals surface area contributed by atoms with Crippen LogP contribution >= 0.6 is 32.4 Å². The van der Waals surface area contributed by atoms with Crippen molar-refractivity contribution in [2.45, 2.75) is 45.4 Å². The molecule has 0 aliphatic rings. The van der Waals surface area contributed by atoms with E-state index in [1.807, 2.05) is 12.1 Å². The predicted molar refractivity (Wildman–Crippen MR) is 136 cm³/mol. The Kier molecular flexibility index (Phi) is 16.8. The van der Waals surface area contributed by atoms with E-state index in [4.69, 9.17) is 19.2 Å². The summed E-state index contributed by atoms with van der Waals surface area (Å²) in [5, 5.41) is 10.9. The quantitative estimate of drug-likeness (QED) is 0.117. The van der Waals surface area contributed by atoms with E-state index in [1.54, 1.807) is 48.5 Å². The molecule has 0 aliphatic heterocycles. The summed E-state index contributed by atoms with van der Waals surface area (Å²) in [4.78, 5) is 0. The van der Waals surface area contributed by atoms with Gasteiger partial charge in [-0.3, -0.25) is 10.7 Å². The molecule has 0 saturated carbocycles. The van der Waals surface area contributed by atoms with Gasteiger partial charge in [-0.1, -0.05) is 75.4 Å². The first kappa shape index (κ1) is 30.3. The molecule has 2 aromatic rings. The summed E-state index contributed by atoms with van der Waals surface area (Å²) >= 11 is 0. The Bertz CT molecular complexity index is 737.